The molecule has 0 aromatic carbocycles. The fraction of sp³-hybridized carbons (Fsp3) is 0.727. The molecule has 1 aromatic rings. The van der Waals surface area contributed by atoms with Gasteiger partial charge in [-0.25, -0.2) is 4.98 Å². The zero-order chi connectivity index (χ0) is 10.4. The van der Waals surface area contributed by atoms with Crippen LogP contribution in [0, 0.1) is 0 Å². The summed E-state index contributed by atoms with van der Waals surface area (Å²) in [6, 6.07) is 0. The van der Waals surface area contributed by atoms with Crippen molar-refractivity contribution in [3.63, 3.8) is 0 Å². The first-order valence-corrected chi connectivity index (χ1v) is 5.42. The summed E-state index contributed by atoms with van der Waals surface area (Å²) < 4.78 is 2.20. The molecule has 0 saturated heterocycles. The molecule has 0 spiro atoms. The number of aliphatic hydroxyl groups is 1. The van der Waals surface area contributed by atoms with Gasteiger partial charge < -0.3 is 9.67 Å². The lowest BCUT2D eigenvalue weighted by atomic mass is 10.1. The summed E-state index contributed by atoms with van der Waals surface area (Å²) in [5.41, 5.74) is 0. The lowest BCUT2D eigenvalue weighted by molar-refractivity contribution is 0.181. The molecular formula is C11H20N2O. The molecule has 3 heteroatoms. The van der Waals surface area contributed by atoms with Crippen molar-refractivity contribution in [2.24, 2.45) is 0 Å². The highest BCUT2D eigenvalue weighted by atomic mass is 16.3. The molecule has 0 aliphatic rings. The molecule has 0 aliphatic carbocycles. The van der Waals surface area contributed by atoms with Gasteiger partial charge >= 0.3 is 0 Å². The van der Waals surface area contributed by atoms with Gasteiger partial charge in [0.15, 0.2) is 0 Å². The van der Waals surface area contributed by atoms with Crippen LogP contribution >= 0.6 is 0 Å². The third-order valence-electron chi connectivity index (χ3n) is 2.29. The van der Waals surface area contributed by atoms with Crippen LogP contribution in [0.5, 0.6) is 0 Å². The van der Waals surface area contributed by atoms with Crippen LogP contribution in [-0.2, 0) is 13.0 Å². The van der Waals surface area contributed by atoms with Crippen LogP contribution in [-0.4, -0.2) is 20.8 Å². The molecule has 1 atom stereocenters. The molecule has 14 heavy (non-hydrogen) atoms. The van der Waals surface area contributed by atoms with E-state index in [0.717, 1.165) is 38.1 Å². The Kier molecular flexibility index (Phi) is 4.66. The smallest absolute Gasteiger partial charge is 0.108 e. The number of rotatable bonds is 6. The number of aromatic nitrogens is 2. The molecule has 80 valence electrons. The SMILES string of the molecule is CCCn1ccnc1CCCC(C)O. The molecule has 0 radical (unpaired) electrons. The van der Waals surface area contributed by atoms with Crippen LogP contribution < -0.4 is 0 Å². The molecule has 0 fully saturated rings. The number of imidazole rings is 1. The fourth-order valence-electron chi connectivity index (χ4n) is 1.57. The second kappa shape index (κ2) is 5.81. The molecule has 0 amide bonds. The van der Waals surface area contributed by atoms with Gasteiger partial charge in [0.05, 0.1) is 6.10 Å². The van der Waals surface area contributed by atoms with Crippen molar-refractivity contribution in [3.8, 4) is 0 Å². The van der Waals surface area contributed by atoms with Crippen LogP contribution in [0.15, 0.2) is 12.4 Å². The average molecular weight is 196 g/mol. The van der Waals surface area contributed by atoms with E-state index >= 15 is 0 Å². The van der Waals surface area contributed by atoms with E-state index in [1.54, 1.807) is 0 Å². The number of hydrogen-bond donors (Lipinski definition) is 1. The quantitative estimate of drug-likeness (QED) is 0.755. The van der Waals surface area contributed by atoms with Gasteiger partial charge in [-0.15, -0.1) is 0 Å². The Morgan fingerprint density at radius 1 is 1.57 bits per heavy atom. The zero-order valence-electron chi connectivity index (χ0n) is 9.11. The number of aliphatic hydroxyl groups excluding tert-OH is 1. The normalized spacial score (nSPS) is 13.1. The molecule has 1 rings (SSSR count). The van der Waals surface area contributed by atoms with Crippen LogP contribution in [0.2, 0.25) is 0 Å². The van der Waals surface area contributed by atoms with E-state index in [-0.39, 0.29) is 6.10 Å². The van der Waals surface area contributed by atoms with E-state index in [9.17, 15) is 0 Å². The van der Waals surface area contributed by atoms with E-state index in [1.807, 2.05) is 19.3 Å². The van der Waals surface area contributed by atoms with Gasteiger partial charge in [-0.05, 0) is 26.2 Å². The maximum Gasteiger partial charge on any atom is 0.108 e. The van der Waals surface area contributed by atoms with Crippen molar-refractivity contribution < 1.29 is 5.11 Å². The molecule has 0 saturated carbocycles. The summed E-state index contributed by atoms with van der Waals surface area (Å²) in [4.78, 5) is 4.31. The maximum absolute atomic E-state index is 9.13. The van der Waals surface area contributed by atoms with Crippen molar-refractivity contribution in [3.05, 3.63) is 18.2 Å². The van der Waals surface area contributed by atoms with E-state index in [1.165, 1.54) is 0 Å². The highest BCUT2D eigenvalue weighted by Gasteiger charge is 2.02. The Balaban J connectivity index is 2.37. The summed E-state index contributed by atoms with van der Waals surface area (Å²) in [7, 11) is 0. The second-order valence-electron chi connectivity index (χ2n) is 3.78. The summed E-state index contributed by atoms with van der Waals surface area (Å²) in [6.45, 7) is 5.04. The molecule has 0 bridgehead atoms. The second-order valence-corrected chi connectivity index (χ2v) is 3.78. The monoisotopic (exact) mass is 196 g/mol. The van der Waals surface area contributed by atoms with E-state index in [2.05, 4.69) is 16.5 Å². The largest absolute Gasteiger partial charge is 0.393 e. The third kappa shape index (κ3) is 3.50. The minimum Gasteiger partial charge on any atom is -0.393 e. The van der Waals surface area contributed by atoms with Gasteiger partial charge in [-0.3, -0.25) is 0 Å². The van der Waals surface area contributed by atoms with Crippen LogP contribution in [0.4, 0.5) is 0 Å². The Morgan fingerprint density at radius 2 is 2.36 bits per heavy atom. The molecule has 1 heterocycles. The molecule has 1 unspecified atom stereocenters. The average Bonchev–Trinajstić information content (AvgIpc) is 2.53. The van der Waals surface area contributed by atoms with E-state index in [0.29, 0.717) is 0 Å². The van der Waals surface area contributed by atoms with Gasteiger partial charge in [-0.1, -0.05) is 6.92 Å². The maximum atomic E-state index is 9.13. The Hall–Kier alpha value is -0.830. The number of hydrogen-bond acceptors (Lipinski definition) is 2. The fourth-order valence-corrected chi connectivity index (χ4v) is 1.57. The summed E-state index contributed by atoms with van der Waals surface area (Å²) >= 11 is 0. The highest BCUT2D eigenvalue weighted by Crippen LogP contribution is 2.06. The highest BCUT2D eigenvalue weighted by molar-refractivity contribution is 4.92. The standard InChI is InChI=1S/C11H20N2O/c1-3-8-13-9-7-12-11(13)6-4-5-10(2)14/h7,9-10,14H,3-6,8H2,1-2H3. The Labute approximate surface area is 85.8 Å². The predicted octanol–water partition coefficient (Wildman–Crippen LogP) is 2.00. The lowest BCUT2D eigenvalue weighted by Gasteiger charge is -2.06. The van der Waals surface area contributed by atoms with Gasteiger partial charge in [0.2, 0.25) is 0 Å². The van der Waals surface area contributed by atoms with E-state index < -0.39 is 0 Å². The minimum absolute atomic E-state index is 0.190. The van der Waals surface area contributed by atoms with Crippen LogP contribution in [0.3, 0.4) is 0 Å². The van der Waals surface area contributed by atoms with Gasteiger partial charge in [0.25, 0.3) is 0 Å². The minimum atomic E-state index is -0.190. The van der Waals surface area contributed by atoms with Crippen molar-refractivity contribution in [2.45, 2.75) is 52.2 Å². The first kappa shape index (κ1) is 11.2. The molecule has 1 aromatic heterocycles. The van der Waals surface area contributed by atoms with Crippen molar-refractivity contribution >= 4 is 0 Å². The van der Waals surface area contributed by atoms with Gasteiger partial charge in [-0.2, -0.15) is 0 Å². The van der Waals surface area contributed by atoms with Crippen LogP contribution in [0.1, 0.15) is 38.9 Å². The van der Waals surface area contributed by atoms with Gasteiger partial charge in [0.1, 0.15) is 5.82 Å². The van der Waals surface area contributed by atoms with Crippen molar-refractivity contribution in [1.82, 2.24) is 9.55 Å². The Bertz CT molecular complexity index is 256. The number of nitrogens with zero attached hydrogens (tertiary/aromatic N) is 2. The van der Waals surface area contributed by atoms with Crippen molar-refractivity contribution in [1.29, 1.82) is 0 Å². The summed E-state index contributed by atoms with van der Waals surface area (Å²) in [5.74, 6) is 1.15. The van der Waals surface area contributed by atoms with E-state index in [4.69, 9.17) is 5.11 Å². The summed E-state index contributed by atoms with van der Waals surface area (Å²) in [6.07, 6.45) is 7.67. The molecule has 0 aliphatic heterocycles. The van der Waals surface area contributed by atoms with Crippen molar-refractivity contribution in [2.75, 3.05) is 0 Å². The first-order valence-electron chi connectivity index (χ1n) is 5.42. The summed E-state index contributed by atoms with van der Waals surface area (Å²) in [5, 5.41) is 9.13. The van der Waals surface area contributed by atoms with Crippen LogP contribution in [0.25, 0.3) is 0 Å². The first-order chi connectivity index (χ1) is 6.74. The molecule has 1 N–H and O–H groups in total. The lowest BCUT2D eigenvalue weighted by Crippen LogP contribution is -2.05. The zero-order valence-corrected chi connectivity index (χ0v) is 9.11. The topological polar surface area (TPSA) is 38.0 Å². The Morgan fingerprint density at radius 3 is 3.00 bits per heavy atom. The molecular weight excluding hydrogens is 176 g/mol. The predicted molar refractivity (Wildman–Crippen MR) is 57.1 cm³/mol. The number of aryl methyl sites for hydroxylation is 2. The van der Waals surface area contributed by atoms with Gasteiger partial charge in [0, 0.05) is 25.4 Å². The molecule has 3 nitrogen and oxygen atoms in total. The third-order valence-corrected chi connectivity index (χ3v) is 2.29.